The first kappa shape index (κ1) is 18.6. The minimum atomic E-state index is -4.57. The van der Waals surface area contributed by atoms with Crippen LogP contribution in [0, 0.1) is 0 Å². The van der Waals surface area contributed by atoms with Crippen molar-refractivity contribution < 1.29 is 18.0 Å². The maximum absolute atomic E-state index is 13.1. The standard InChI is InChI=1S/C18H21F3N6O/c1-2-23-16(28)26-5-3-17(10-26)4-6-27-14(17)8-13(25-27)11-7-12(18(19,20)21)15(22)24-9-11/h7-9H,2-6,10H2,1H3,(H2,22,24)(H,23,28)/t17-/m1/s1. The van der Waals surface area contributed by atoms with Gasteiger partial charge in [-0.25, -0.2) is 9.78 Å². The molecule has 2 aliphatic heterocycles. The van der Waals surface area contributed by atoms with Gasteiger partial charge in [-0.2, -0.15) is 18.3 Å². The van der Waals surface area contributed by atoms with Crippen LogP contribution in [0.5, 0.6) is 0 Å². The summed E-state index contributed by atoms with van der Waals surface area (Å²) in [6.45, 7) is 4.34. The first-order valence-electron chi connectivity index (χ1n) is 9.18. The van der Waals surface area contributed by atoms with E-state index in [9.17, 15) is 18.0 Å². The van der Waals surface area contributed by atoms with Gasteiger partial charge in [-0.05, 0) is 31.9 Å². The molecule has 1 atom stereocenters. The molecule has 3 N–H and O–H groups in total. The molecule has 0 unspecified atom stereocenters. The number of halogens is 3. The van der Waals surface area contributed by atoms with Gasteiger partial charge < -0.3 is 16.0 Å². The number of anilines is 1. The van der Waals surface area contributed by atoms with E-state index in [-0.39, 0.29) is 17.0 Å². The number of nitrogen functional groups attached to an aromatic ring is 1. The summed E-state index contributed by atoms with van der Waals surface area (Å²) in [5.41, 5.74) is 5.89. The van der Waals surface area contributed by atoms with Gasteiger partial charge in [0, 0.05) is 49.0 Å². The molecule has 0 saturated carbocycles. The van der Waals surface area contributed by atoms with E-state index in [1.54, 1.807) is 4.90 Å². The van der Waals surface area contributed by atoms with Crippen LogP contribution in [0.15, 0.2) is 18.3 Å². The highest BCUT2D eigenvalue weighted by molar-refractivity contribution is 5.74. The Hall–Kier alpha value is -2.78. The third kappa shape index (κ3) is 2.96. The summed E-state index contributed by atoms with van der Waals surface area (Å²) in [6.07, 6.45) is -1.59. The highest BCUT2D eigenvalue weighted by Crippen LogP contribution is 2.44. The molecule has 0 radical (unpaired) electrons. The van der Waals surface area contributed by atoms with E-state index < -0.39 is 17.6 Å². The first-order chi connectivity index (χ1) is 13.2. The predicted molar refractivity (Wildman–Crippen MR) is 96.4 cm³/mol. The molecule has 4 heterocycles. The molecule has 2 amide bonds. The quantitative estimate of drug-likeness (QED) is 0.820. The fraction of sp³-hybridized carbons (Fsp3) is 0.500. The van der Waals surface area contributed by atoms with Crippen LogP contribution in [0.3, 0.4) is 0 Å². The van der Waals surface area contributed by atoms with Crippen LogP contribution in [0.2, 0.25) is 0 Å². The molecule has 0 bridgehead atoms. The van der Waals surface area contributed by atoms with Crippen LogP contribution in [-0.2, 0) is 18.1 Å². The lowest BCUT2D eigenvalue weighted by Crippen LogP contribution is -2.40. The minimum absolute atomic E-state index is 0.0879. The van der Waals surface area contributed by atoms with E-state index in [1.807, 2.05) is 17.7 Å². The van der Waals surface area contributed by atoms with Gasteiger partial charge in [0.2, 0.25) is 0 Å². The number of aryl methyl sites for hydroxylation is 1. The summed E-state index contributed by atoms with van der Waals surface area (Å²) in [4.78, 5) is 17.6. The molecule has 10 heteroatoms. The van der Waals surface area contributed by atoms with Crippen LogP contribution >= 0.6 is 0 Å². The van der Waals surface area contributed by atoms with Crippen molar-refractivity contribution in [1.29, 1.82) is 0 Å². The zero-order valence-electron chi connectivity index (χ0n) is 15.4. The Labute approximate surface area is 159 Å². The van der Waals surface area contributed by atoms with E-state index in [0.29, 0.717) is 31.9 Å². The Balaban J connectivity index is 1.64. The number of urea groups is 1. The van der Waals surface area contributed by atoms with Gasteiger partial charge in [0.15, 0.2) is 0 Å². The van der Waals surface area contributed by atoms with Crippen molar-refractivity contribution in [2.24, 2.45) is 0 Å². The van der Waals surface area contributed by atoms with Crippen molar-refractivity contribution in [2.75, 3.05) is 25.4 Å². The average molecular weight is 394 g/mol. The van der Waals surface area contributed by atoms with Crippen molar-refractivity contribution >= 4 is 11.8 Å². The van der Waals surface area contributed by atoms with E-state index in [2.05, 4.69) is 15.4 Å². The Kier molecular flexibility index (Phi) is 4.24. The van der Waals surface area contributed by atoms with Gasteiger partial charge in [-0.1, -0.05) is 0 Å². The monoisotopic (exact) mass is 394 g/mol. The van der Waals surface area contributed by atoms with Crippen LogP contribution in [0.4, 0.5) is 23.8 Å². The Morgan fingerprint density at radius 2 is 2.07 bits per heavy atom. The molecule has 1 spiro atoms. The van der Waals surface area contributed by atoms with Crippen LogP contribution in [0.25, 0.3) is 11.3 Å². The number of pyridine rings is 1. The zero-order valence-corrected chi connectivity index (χ0v) is 15.4. The molecular weight excluding hydrogens is 373 g/mol. The number of carbonyl (C=O) groups is 1. The minimum Gasteiger partial charge on any atom is -0.383 e. The third-order valence-corrected chi connectivity index (χ3v) is 5.61. The number of hydrogen-bond donors (Lipinski definition) is 2. The highest BCUT2D eigenvalue weighted by Gasteiger charge is 2.47. The van der Waals surface area contributed by atoms with Crippen molar-refractivity contribution in [3.63, 3.8) is 0 Å². The van der Waals surface area contributed by atoms with E-state index in [4.69, 9.17) is 5.73 Å². The van der Waals surface area contributed by atoms with Gasteiger partial charge in [0.25, 0.3) is 0 Å². The normalized spacial score (nSPS) is 21.4. The van der Waals surface area contributed by atoms with E-state index >= 15 is 0 Å². The number of nitrogens with two attached hydrogens (primary N) is 1. The van der Waals surface area contributed by atoms with Crippen molar-refractivity contribution in [3.05, 3.63) is 29.6 Å². The summed E-state index contributed by atoms with van der Waals surface area (Å²) in [7, 11) is 0. The Morgan fingerprint density at radius 3 is 2.79 bits per heavy atom. The molecular formula is C18H21F3N6O. The Bertz CT molecular complexity index is 925. The number of nitrogens with zero attached hydrogens (tertiary/aromatic N) is 4. The largest absolute Gasteiger partial charge is 0.419 e. The maximum Gasteiger partial charge on any atom is 0.419 e. The van der Waals surface area contributed by atoms with E-state index in [0.717, 1.165) is 24.6 Å². The average Bonchev–Trinajstić information content (AvgIpc) is 3.32. The van der Waals surface area contributed by atoms with E-state index in [1.165, 1.54) is 6.20 Å². The molecule has 2 aromatic rings. The van der Waals surface area contributed by atoms with Crippen molar-refractivity contribution in [2.45, 2.75) is 37.9 Å². The molecule has 1 fully saturated rings. The molecule has 0 aromatic carbocycles. The fourth-order valence-electron chi connectivity index (χ4n) is 4.17. The number of fused-ring (bicyclic) bond motifs is 2. The van der Waals surface area contributed by atoms with Crippen molar-refractivity contribution in [3.8, 4) is 11.3 Å². The lowest BCUT2D eigenvalue weighted by atomic mass is 9.82. The molecule has 1 saturated heterocycles. The van der Waals surface area contributed by atoms with Gasteiger partial charge >= 0.3 is 12.2 Å². The lowest BCUT2D eigenvalue weighted by molar-refractivity contribution is -0.137. The maximum atomic E-state index is 13.1. The number of alkyl halides is 3. The molecule has 2 aliphatic rings. The summed E-state index contributed by atoms with van der Waals surface area (Å²) >= 11 is 0. The number of nitrogens with one attached hydrogen (secondary N) is 1. The highest BCUT2D eigenvalue weighted by atomic mass is 19.4. The number of carbonyl (C=O) groups excluding carboxylic acids is 1. The van der Waals surface area contributed by atoms with Gasteiger partial charge in [0.1, 0.15) is 5.82 Å². The smallest absolute Gasteiger partial charge is 0.383 e. The predicted octanol–water partition coefficient (Wildman–Crippen LogP) is 2.62. The molecule has 0 aliphatic carbocycles. The fourth-order valence-corrected chi connectivity index (χ4v) is 4.17. The number of hydrogen-bond acceptors (Lipinski definition) is 4. The molecule has 150 valence electrons. The van der Waals surface area contributed by atoms with Gasteiger partial charge in [-0.15, -0.1) is 0 Å². The van der Waals surface area contributed by atoms with Gasteiger partial charge in [0.05, 0.1) is 11.3 Å². The number of amides is 2. The zero-order chi connectivity index (χ0) is 20.1. The number of likely N-dealkylation sites (tertiary alicyclic amines) is 1. The molecule has 28 heavy (non-hydrogen) atoms. The first-order valence-corrected chi connectivity index (χ1v) is 9.18. The van der Waals surface area contributed by atoms with Gasteiger partial charge in [-0.3, -0.25) is 4.68 Å². The van der Waals surface area contributed by atoms with Crippen LogP contribution in [-0.4, -0.2) is 45.3 Å². The molecule has 4 rings (SSSR count). The molecule has 2 aromatic heterocycles. The topological polar surface area (TPSA) is 89.1 Å². The summed E-state index contributed by atoms with van der Waals surface area (Å²) in [5.74, 6) is -0.548. The Morgan fingerprint density at radius 1 is 1.32 bits per heavy atom. The number of aromatic nitrogens is 3. The third-order valence-electron chi connectivity index (χ3n) is 5.61. The van der Waals surface area contributed by atoms with Crippen LogP contribution < -0.4 is 11.1 Å². The van der Waals surface area contributed by atoms with Crippen LogP contribution in [0.1, 0.15) is 31.0 Å². The summed E-state index contributed by atoms with van der Waals surface area (Å²) in [5, 5.41) is 7.30. The second-order valence-corrected chi connectivity index (χ2v) is 7.33. The lowest BCUT2D eigenvalue weighted by Gasteiger charge is -2.23. The van der Waals surface area contributed by atoms with Crippen molar-refractivity contribution in [1.82, 2.24) is 25.0 Å². The summed E-state index contributed by atoms with van der Waals surface area (Å²) < 4.78 is 41.3. The summed E-state index contributed by atoms with van der Waals surface area (Å²) in [6, 6.07) is 2.72. The second-order valence-electron chi connectivity index (χ2n) is 7.33. The second kappa shape index (κ2) is 6.39. The number of rotatable bonds is 2. The SMILES string of the molecule is CCNC(=O)N1CC[C@@]2(CCn3nc(-c4cnc(N)c(C(F)(F)F)c4)cc32)C1. The molecule has 7 nitrogen and oxygen atoms in total.